The summed E-state index contributed by atoms with van der Waals surface area (Å²) in [6.45, 7) is 12.4. The van der Waals surface area contributed by atoms with Gasteiger partial charge in [0.25, 0.3) is 0 Å². The lowest BCUT2D eigenvalue weighted by atomic mass is 9.67. The maximum Gasteiger partial charge on any atom is 0.0168 e. The van der Waals surface area contributed by atoms with E-state index in [1.54, 1.807) is 0 Å². The van der Waals surface area contributed by atoms with Crippen LogP contribution < -0.4 is 0 Å². The summed E-state index contributed by atoms with van der Waals surface area (Å²) in [5.41, 5.74) is 0. The molecule has 1 heterocycles. The Morgan fingerprint density at radius 3 is 2.59 bits per heavy atom. The zero-order chi connectivity index (χ0) is 12.7. The molecule has 0 spiro atoms. The van der Waals surface area contributed by atoms with Crippen molar-refractivity contribution < 1.29 is 0 Å². The van der Waals surface area contributed by atoms with Crippen molar-refractivity contribution in [3.8, 4) is 0 Å². The van der Waals surface area contributed by atoms with E-state index in [1.807, 2.05) is 0 Å². The predicted molar refractivity (Wildman–Crippen MR) is 79.6 cm³/mol. The standard InChI is InChI=1S/C16H30S/c1-6-12(2)11-14-13-9-7-8-10-16(13,5)17-15(14,3)4/h12-14H,6-11H2,1-5H3. The zero-order valence-corrected chi connectivity index (χ0v) is 13.2. The summed E-state index contributed by atoms with van der Waals surface area (Å²) in [5, 5.41) is 0. The molecule has 17 heavy (non-hydrogen) atoms. The van der Waals surface area contributed by atoms with Gasteiger partial charge in [0, 0.05) is 9.49 Å². The average molecular weight is 254 g/mol. The molecule has 4 unspecified atom stereocenters. The first-order valence-corrected chi connectivity index (χ1v) is 8.41. The van der Waals surface area contributed by atoms with Crippen LogP contribution in [0.15, 0.2) is 0 Å². The maximum absolute atomic E-state index is 2.56. The molecule has 0 N–H and O–H groups in total. The topological polar surface area (TPSA) is 0 Å². The molecule has 2 rings (SSSR count). The molecule has 0 radical (unpaired) electrons. The lowest BCUT2D eigenvalue weighted by Gasteiger charge is -2.38. The molecule has 2 aliphatic rings. The number of rotatable bonds is 3. The van der Waals surface area contributed by atoms with Crippen LogP contribution in [0.1, 0.15) is 73.1 Å². The molecule has 2 fully saturated rings. The first-order valence-electron chi connectivity index (χ1n) is 7.59. The highest BCUT2D eigenvalue weighted by Gasteiger charge is 2.55. The average Bonchev–Trinajstić information content (AvgIpc) is 2.45. The molecule has 0 nitrogen and oxygen atoms in total. The number of hydrogen-bond donors (Lipinski definition) is 0. The SMILES string of the molecule is CCC(C)CC1C2CCCCC2(C)SC1(C)C. The lowest BCUT2D eigenvalue weighted by Crippen LogP contribution is -2.35. The summed E-state index contributed by atoms with van der Waals surface area (Å²) < 4.78 is 1.10. The first kappa shape index (κ1) is 13.8. The van der Waals surface area contributed by atoms with Gasteiger partial charge in [-0.05, 0) is 37.0 Å². The second-order valence-electron chi connectivity index (χ2n) is 7.23. The minimum absolute atomic E-state index is 0.507. The first-order chi connectivity index (χ1) is 7.89. The molecule has 1 aliphatic carbocycles. The second kappa shape index (κ2) is 4.79. The zero-order valence-electron chi connectivity index (χ0n) is 12.4. The molecule has 1 saturated carbocycles. The van der Waals surface area contributed by atoms with E-state index in [-0.39, 0.29) is 0 Å². The van der Waals surface area contributed by atoms with Crippen LogP contribution in [0.5, 0.6) is 0 Å². The van der Waals surface area contributed by atoms with Gasteiger partial charge in [-0.1, -0.05) is 53.9 Å². The fraction of sp³-hybridized carbons (Fsp3) is 1.00. The number of hydrogen-bond acceptors (Lipinski definition) is 1. The van der Waals surface area contributed by atoms with Crippen molar-refractivity contribution in [2.24, 2.45) is 17.8 Å². The summed E-state index contributed by atoms with van der Waals surface area (Å²) in [4.78, 5) is 0. The van der Waals surface area contributed by atoms with Gasteiger partial charge in [0.1, 0.15) is 0 Å². The van der Waals surface area contributed by atoms with Crippen molar-refractivity contribution in [2.45, 2.75) is 82.6 Å². The Hall–Kier alpha value is 0.350. The van der Waals surface area contributed by atoms with Crippen LogP contribution in [-0.2, 0) is 0 Å². The molecule has 1 saturated heterocycles. The Bertz CT molecular complexity index is 271. The van der Waals surface area contributed by atoms with Crippen LogP contribution in [0.25, 0.3) is 0 Å². The van der Waals surface area contributed by atoms with Crippen molar-refractivity contribution in [3.05, 3.63) is 0 Å². The monoisotopic (exact) mass is 254 g/mol. The van der Waals surface area contributed by atoms with Crippen molar-refractivity contribution in [1.29, 1.82) is 0 Å². The van der Waals surface area contributed by atoms with Crippen LogP contribution in [0.4, 0.5) is 0 Å². The highest BCUT2D eigenvalue weighted by Crippen LogP contribution is 2.63. The van der Waals surface area contributed by atoms with E-state index in [0.717, 1.165) is 17.8 Å². The fourth-order valence-electron chi connectivity index (χ4n) is 4.29. The third kappa shape index (κ3) is 2.55. The van der Waals surface area contributed by atoms with Gasteiger partial charge in [-0.2, -0.15) is 0 Å². The van der Waals surface area contributed by atoms with E-state index in [0.29, 0.717) is 9.49 Å². The van der Waals surface area contributed by atoms with Gasteiger partial charge in [-0.3, -0.25) is 0 Å². The van der Waals surface area contributed by atoms with Crippen LogP contribution in [-0.4, -0.2) is 9.49 Å². The highest BCUT2D eigenvalue weighted by atomic mass is 32.2. The Kier molecular flexibility index (Phi) is 3.88. The number of fused-ring (bicyclic) bond motifs is 1. The third-order valence-corrected chi connectivity index (χ3v) is 7.25. The smallest absolute Gasteiger partial charge is 0.0168 e. The van der Waals surface area contributed by atoms with Crippen LogP contribution >= 0.6 is 11.8 Å². The molecule has 4 atom stereocenters. The Morgan fingerprint density at radius 1 is 1.24 bits per heavy atom. The van der Waals surface area contributed by atoms with Crippen LogP contribution in [0.2, 0.25) is 0 Å². The molecule has 0 amide bonds. The minimum atomic E-state index is 0.507. The van der Waals surface area contributed by atoms with E-state index in [9.17, 15) is 0 Å². The highest BCUT2D eigenvalue weighted by molar-refractivity contribution is 8.02. The predicted octanol–water partition coefficient (Wildman–Crippen LogP) is 5.51. The molecule has 1 aliphatic heterocycles. The molecular weight excluding hydrogens is 224 g/mol. The molecule has 0 aromatic rings. The summed E-state index contributed by atoms with van der Waals surface area (Å²) >= 11 is 2.31. The van der Waals surface area contributed by atoms with E-state index in [4.69, 9.17) is 0 Å². The molecular formula is C16H30S. The maximum atomic E-state index is 2.56. The van der Waals surface area contributed by atoms with Crippen molar-refractivity contribution >= 4 is 11.8 Å². The van der Waals surface area contributed by atoms with E-state index in [2.05, 4.69) is 46.4 Å². The Balaban J connectivity index is 2.17. The summed E-state index contributed by atoms with van der Waals surface area (Å²) in [6.07, 6.45) is 8.70. The van der Waals surface area contributed by atoms with Crippen LogP contribution in [0.3, 0.4) is 0 Å². The molecule has 0 aromatic carbocycles. The van der Waals surface area contributed by atoms with Gasteiger partial charge in [-0.25, -0.2) is 0 Å². The van der Waals surface area contributed by atoms with Crippen molar-refractivity contribution in [2.75, 3.05) is 0 Å². The summed E-state index contributed by atoms with van der Waals surface area (Å²) in [6, 6.07) is 0. The van der Waals surface area contributed by atoms with Gasteiger partial charge in [0.2, 0.25) is 0 Å². The molecule has 1 heteroatoms. The summed E-state index contributed by atoms with van der Waals surface area (Å²) in [7, 11) is 0. The minimum Gasteiger partial charge on any atom is -0.149 e. The Morgan fingerprint density at radius 2 is 1.94 bits per heavy atom. The second-order valence-corrected chi connectivity index (χ2v) is 9.42. The van der Waals surface area contributed by atoms with Gasteiger partial charge < -0.3 is 0 Å². The normalized spacial score (nSPS) is 42.2. The molecule has 0 aromatic heterocycles. The van der Waals surface area contributed by atoms with Crippen molar-refractivity contribution in [3.63, 3.8) is 0 Å². The lowest BCUT2D eigenvalue weighted by molar-refractivity contribution is 0.173. The quantitative estimate of drug-likeness (QED) is 0.639. The van der Waals surface area contributed by atoms with Crippen molar-refractivity contribution in [1.82, 2.24) is 0 Å². The van der Waals surface area contributed by atoms with Crippen LogP contribution in [0, 0.1) is 17.8 Å². The third-order valence-electron chi connectivity index (χ3n) is 5.45. The largest absolute Gasteiger partial charge is 0.149 e. The Labute approximate surface area is 112 Å². The number of thioether (sulfide) groups is 1. The van der Waals surface area contributed by atoms with E-state index in [1.165, 1.54) is 38.5 Å². The van der Waals surface area contributed by atoms with Gasteiger partial charge in [0.05, 0.1) is 0 Å². The van der Waals surface area contributed by atoms with E-state index >= 15 is 0 Å². The van der Waals surface area contributed by atoms with Gasteiger partial charge in [0.15, 0.2) is 0 Å². The van der Waals surface area contributed by atoms with Gasteiger partial charge >= 0.3 is 0 Å². The summed E-state index contributed by atoms with van der Waals surface area (Å²) in [5.74, 6) is 2.85. The fourth-order valence-corrected chi connectivity index (χ4v) is 6.59. The molecule has 100 valence electrons. The van der Waals surface area contributed by atoms with Gasteiger partial charge in [-0.15, -0.1) is 11.8 Å². The van der Waals surface area contributed by atoms with E-state index < -0.39 is 0 Å². The molecule has 0 bridgehead atoms.